The number of halogens is 4. The number of aliphatic hydroxyl groups is 1. The largest absolute Gasteiger partial charge is 0.496 e. The number of carbonyl (C=O) groups is 3. The van der Waals surface area contributed by atoms with E-state index in [0.717, 1.165) is 6.07 Å². The van der Waals surface area contributed by atoms with E-state index in [2.05, 4.69) is 20.8 Å². The fourth-order valence-corrected chi connectivity index (χ4v) is 6.39. The number of ether oxygens (including phenoxy) is 1. The first-order valence-corrected chi connectivity index (χ1v) is 14.9. The zero-order valence-corrected chi connectivity index (χ0v) is 25.5. The number of nitrogens with zero attached hydrogens (tertiary/aromatic N) is 3. The Labute approximate surface area is 267 Å². The van der Waals surface area contributed by atoms with Crippen LogP contribution in [-0.2, 0) is 15.8 Å². The van der Waals surface area contributed by atoms with Crippen LogP contribution in [0.25, 0.3) is 10.2 Å². The third kappa shape index (κ3) is 6.20. The number of rotatable bonds is 7. The Bertz CT molecular complexity index is 1960. The SMILES string of the molecule is COc1ccc(C2=NOC3CN(C(=O)CO)CC23)cc1C(=O)Nc1cc2nc(C)sc2cc1C(=O)Nc1ccc(F)c(C(F)(F)F)c1. The molecule has 244 valence electrons. The molecule has 1 saturated heterocycles. The summed E-state index contributed by atoms with van der Waals surface area (Å²) in [6.07, 6.45) is -5.40. The van der Waals surface area contributed by atoms with Gasteiger partial charge in [-0.05, 0) is 55.5 Å². The lowest BCUT2D eigenvalue weighted by molar-refractivity contribution is -0.140. The molecular weight excluding hydrogens is 646 g/mol. The highest BCUT2D eigenvalue weighted by atomic mass is 32.1. The van der Waals surface area contributed by atoms with E-state index in [1.165, 1.54) is 41.5 Å². The third-order valence-electron chi connectivity index (χ3n) is 7.79. The number of carbonyl (C=O) groups excluding carboxylic acids is 3. The molecule has 1 fully saturated rings. The number of aliphatic hydroxyl groups excluding tert-OH is 1. The molecule has 2 aliphatic rings. The number of benzene rings is 3. The molecule has 0 radical (unpaired) electrons. The van der Waals surface area contributed by atoms with E-state index in [1.807, 2.05) is 0 Å². The molecule has 3 N–H and O–H groups in total. The summed E-state index contributed by atoms with van der Waals surface area (Å²) in [6, 6.07) is 9.77. The minimum atomic E-state index is -4.98. The summed E-state index contributed by atoms with van der Waals surface area (Å²) in [5.41, 5.74) is -0.387. The van der Waals surface area contributed by atoms with Crippen molar-refractivity contribution in [2.45, 2.75) is 19.2 Å². The van der Waals surface area contributed by atoms with Gasteiger partial charge in [-0.25, -0.2) is 9.37 Å². The Hall–Kier alpha value is -5.09. The number of alkyl halides is 3. The van der Waals surface area contributed by atoms with Crippen LogP contribution >= 0.6 is 11.3 Å². The maximum Gasteiger partial charge on any atom is 0.419 e. The van der Waals surface area contributed by atoms with E-state index in [-0.39, 0.29) is 47.3 Å². The van der Waals surface area contributed by atoms with Crippen molar-refractivity contribution in [3.63, 3.8) is 0 Å². The predicted molar refractivity (Wildman–Crippen MR) is 163 cm³/mol. The maximum absolute atomic E-state index is 13.9. The quantitative estimate of drug-likeness (QED) is 0.239. The second-order valence-corrected chi connectivity index (χ2v) is 12.0. The molecule has 0 bridgehead atoms. The van der Waals surface area contributed by atoms with E-state index in [1.54, 1.807) is 19.1 Å². The van der Waals surface area contributed by atoms with Gasteiger partial charge in [0.15, 0.2) is 6.10 Å². The van der Waals surface area contributed by atoms with Crippen LogP contribution in [0.5, 0.6) is 5.75 Å². The van der Waals surface area contributed by atoms with E-state index in [0.29, 0.717) is 38.6 Å². The first-order chi connectivity index (χ1) is 22.4. The number of hydrogen-bond donors (Lipinski definition) is 3. The molecule has 1 aromatic heterocycles. The van der Waals surface area contributed by atoms with Gasteiger partial charge in [0.2, 0.25) is 5.91 Å². The molecule has 0 spiro atoms. The minimum absolute atomic E-state index is 0.00599. The molecule has 4 aromatic rings. The third-order valence-corrected chi connectivity index (χ3v) is 8.72. The smallest absolute Gasteiger partial charge is 0.419 e. The van der Waals surface area contributed by atoms with Crippen LogP contribution in [0.3, 0.4) is 0 Å². The molecule has 0 aliphatic carbocycles. The zero-order valence-electron chi connectivity index (χ0n) is 24.6. The number of hydrogen-bond acceptors (Lipinski definition) is 9. The van der Waals surface area contributed by atoms with E-state index in [9.17, 15) is 37.1 Å². The topological polar surface area (TPSA) is 142 Å². The number of anilines is 2. The highest BCUT2D eigenvalue weighted by molar-refractivity contribution is 7.18. The summed E-state index contributed by atoms with van der Waals surface area (Å²) in [4.78, 5) is 50.7. The molecule has 11 nitrogen and oxygen atoms in total. The van der Waals surface area contributed by atoms with Crippen molar-refractivity contribution >= 4 is 56.4 Å². The van der Waals surface area contributed by atoms with Crippen LogP contribution in [0.2, 0.25) is 0 Å². The van der Waals surface area contributed by atoms with Gasteiger partial charge in [0.25, 0.3) is 11.8 Å². The Kier molecular flexibility index (Phi) is 8.31. The van der Waals surface area contributed by atoms with Crippen molar-refractivity contribution in [1.29, 1.82) is 0 Å². The van der Waals surface area contributed by atoms with Crippen LogP contribution in [0.4, 0.5) is 28.9 Å². The van der Waals surface area contributed by atoms with E-state index >= 15 is 0 Å². The average Bonchev–Trinajstić information content (AvgIpc) is 3.73. The molecule has 47 heavy (non-hydrogen) atoms. The highest BCUT2D eigenvalue weighted by Gasteiger charge is 2.44. The number of oxime groups is 1. The van der Waals surface area contributed by atoms with Crippen molar-refractivity contribution in [2.24, 2.45) is 11.1 Å². The maximum atomic E-state index is 13.9. The number of amides is 3. The number of nitrogens with one attached hydrogen (secondary N) is 2. The number of methoxy groups -OCH3 is 1. The van der Waals surface area contributed by atoms with Gasteiger partial charge >= 0.3 is 6.18 Å². The molecular formula is C31H25F4N5O6S. The number of aromatic nitrogens is 1. The van der Waals surface area contributed by atoms with Crippen LogP contribution in [-0.4, -0.2) is 71.3 Å². The van der Waals surface area contributed by atoms with Gasteiger partial charge in [-0.15, -0.1) is 11.3 Å². The summed E-state index contributed by atoms with van der Waals surface area (Å²) < 4.78 is 59.8. The lowest BCUT2D eigenvalue weighted by Crippen LogP contribution is -2.32. The van der Waals surface area contributed by atoms with Crippen molar-refractivity contribution in [3.8, 4) is 5.75 Å². The second-order valence-electron chi connectivity index (χ2n) is 10.8. The summed E-state index contributed by atoms with van der Waals surface area (Å²) in [5.74, 6) is -3.59. The van der Waals surface area contributed by atoms with E-state index in [4.69, 9.17) is 9.57 Å². The summed E-state index contributed by atoms with van der Waals surface area (Å²) >= 11 is 1.27. The van der Waals surface area contributed by atoms with Gasteiger partial charge in [0.05, 0.1) is 62.9 Å². The molecule has 2 aliphatic heterocycles. The number of fused-ring (bicyclic) bond motifs is 2. The zero-order chi connectivity index (χ0) is 33.6. The Balaban J connectivity index is 1.31. The number of aryl methyl sites for hydroxylation is 1. The molecule has 6 rings (SSSR count). The van der Waals surface area contributed by atoms with Crippen molar-refractivity contribution in [1.82, 2.24) is 9.88 Å². The summed E-state index contributed by atoms with van der Waals surface area (Å²) in [5, 5.41) is 19.2. The number of likely N-dealkylation sites (tertiary alicyclic amines) is 1. The highest BCUT2D eigenvalue weighted by Crippen LogP contribution is 2.35. The molecule has 0 saturated carbocycles. The second kappa shape index (κ2) is 12.3. The Morgan fingerprint density at radius 1 is 1.06 bits per heavy atom. The fourth-order valence-electron chi connectivity index (χ4n) is 5.54. The van der Waals surface area contributed by atoms with E-state index < -0.39 is 48.0 Å². The van der Waals surface area contributed by atoms with Crippen LogP contribution < -0.4 is 15.4 Å². The molecule has 16 heteroatoms. The van der Waals surface area contributed by atoms with Gasteiger partial charge in [-0.1, -0.05) is 5.16 Å². The Morgan fingerprint density at radius 2 is 1.83 bits per heavy atom. The summed E-state index contributed by atoms with van der Waals surface area (Å²) in [7, 11) is 1.37. The van der Waals surface area contributed by atoms with Crippen LogP contribution in [0.15, 0.2) is 53.7 Å². The normalized spacial score (nSPS) is 17.3. The first kappa shape index (κ1) is 31.9. The van der Waals surface area contributed by atoms with Gasteiger partial charge < -0.3 is 30.2 Å². The molecule has 3 heterocycles. The predicted octanol–water partition coefficient (Wildman–Crippen LogP) is 4.83. The molecule has 2 unspecified atom stereocenters. The van der Waals surface area contributed by atoms with Gasteiger partial charge in [0, 0.05) is 17.8 Å². The monoisotopic (exact) mass is 671 g/mol. The van der Waals surface area contributed by atoms with Gasteiger partial charge in [-0.3, -0.25) is 14.4 Å². The van der Waals surface area contributed by atoms with Crippen molar-refractivity contribution in [3.05, 3.63) is 81.6 Å². The standard InChI is InChI=1S/C31H25F4N5O6S/c1-14-36-23-10-22(17(9-26(23)47-14)29(43)37-16-4-5-21(32)20(8-16)31(33,34)35)38-30(44)18-7-15(3-6-24(18)45-2)28-19-11-40(27(42)13-41)12-25(19)46-39-28/h3-10,19,25,41H,11-13H2,1-2H3,(H,37,43)(H,38,44). The molecule has 3 amide bonds. The average molecular weight is 672 g/mol. The van der Waals surface area contributed by atoms with Crippen LogP contribution in [0.1, 0.15) is 36.9 Å². The lowest BCUT2D eigenvalue weighted by atomic mass is 9.93. The minimum Gasteiger partial charge on any atom is -0.496 e. The van der Waals surface area contributed by atoms with Crippen molar-refractivity contribution < 1.29 is 46.6 Å². The van der Waals surface area contributed by atoms with Crippen molar-refractivity contribution in [2.75, 3.05) is 37.4 Å². The summed E-state index contributed by atoms with van der Waals surface area (Å²) in [6.45, 7) is 1.63. The fraction of sp³-hybridized carbons (Fsp3) is 0.258. The molecule has 3 aromatic carbocycles. The number of thiazole rings is 1. The first-order valence-electron chi connectivity index (χ1n) is 14.1. The lowest BCUT2D eigenvalue weighted by Gasteiger charge is -2.16. The van der Waals surface area contributed by atoms with Crippen LogP contribution in [0, 0.1) is 18.7 Å². The Morgan fingerprint density at radius 3 is 2.55 bits per heavy atom. The molecule has 2 atom stereocenters. The van der Waals surface area contributed by atoms with Gasteiger partial charge in [-0.2, -0.15) is 13.2 Å². The van der Waals surface area contributed by atoms with Gasteiger partial charge in [0.1, 0.15) is 18.2 Å².